The van der Waals surface area contributed by atoms with E-state index in [1.54, 1.807) is 11.3 Å². The van der Waals surface area contributed by atoms with E-state index in [4.69, 9.17) is 0 Å². The molecule has 3 nitrogen and oxygen atoms in total. The maximum atomic E-state index is 4.66. The summed E-state index contributed by atoms with van der Waals surface area (Å²) in [7, 11) is 1.96. The Kier molecular flexibility index (Phi) is 4.85. The monoisotopic (exact) mass is 271 g/mol. The van der Waals surface area contributed by atoms with Crippen LogP contribution in [0.2, 0.25) is 0 Å². The molecule has 0 bridgehead atoms. The van der Waals surface area contributed by atoms with Gasteiger partial charge in [0.2, 0.25) is 0 Å². The number of nitrogens with zero attached hydrogens (tertiary/aromatic N) is 2. The molecule has 0 spiro atoms. The standard InChI is InChI=1S/C12H21N3S2/c1-9-10(2)16-5-4-15(9)7-11-8-17-12(14-11)6-13-3/h8-10,13H,4-7H2,1-3H3. The summed E-state index contributed by atoms with van der Waals surface area (Å²) >= 11 is 3.84. The number of hydrogen-bond acceptors (Lipinski definition) is 5. The van der Waals surface area contributed by atoms with E-state index in [-0.39, 0.29) is 0 Å². The van der Waals surface area contributed by atoms with Crippen LogP contribution < -0.4 is 5.32 Å². The zero-order valence-corrected chi connectivity index (χ0v) is 12.4. The van der Waals surface area contributed by atoms with Gasteiger partial charge in [-0.15, -0.1) is 11.3 Å². The van der Waals surface area contributed by atoms with Gasteiger partial charge in [0.25, 0.3) is 0 Å². The zero-order valence-electron chi connectivity index (χ0n) is 10.8. The minimum Gasteiger partial charge on any atom is -0.314 e. The van der Waals surface area contributed by atoms with Crippen molar-refractivity contribution in [2.24, 2.45) is 0 Å². The molecule has 2 heterocycles. The van der Waals surface area contributed by atoms with Crippen LogP contribution in [0.5, 0.6) is 0 Å². The van der Waals surface area contributed by atoms with Crippen LogP contribution in [0.4, 0.5) is 0 Å². The molecule has 96 valence electrons. The van der Waals surface area contributed by atoms with E-state index in [1.165, 1.54) is 23.0 Å². The van der Waals surface area contributed by atoms with Gasteiger partial charge in [0.05, 0.1) is 5.69 Å². The molecule has 5 heteroatoms. The average molecular weight is 271 g/mol. The highest BCUT2D eigenvalue weighted by Crippen LogP contribution is 2.25. The predicted molar refractivity (Wildman–Crippen MR) is 76.7 cm³/mol. The van der Waals surface area contributed by atoms with Crippen molar-refractivity contribution in [2.45, 2.75) is 38.2 Å². The largest absolute Gasteiger partial charge is 0.314 e. The predicted octanol–water partition coefficient (Wildman–Crippen LogP) is 2.19. The van der Waals surface area contributed by atoms with Gasteiger partial charge >= 0.3 is 0 Å². The summed E-state index contributed by atoms with van der Waals surface area (Å²) in [5, 5.41) is 7.27. The summed E-state index contributed by atoms with van der Waals surface area (Å²) in [4.78, 5) is 7.22. The molecular weight excluding hydrogens is 250 g/mol. The van der Waals surface area contributed by atoms with E-state index in [9.17, 15) is 0 Å². The molecular formula is C12H21N3S2. The maximum absolute atomic E-state index is 4.66. The second-order valence-corrected chi connectivity index (χ2v) is 6.98. The smallest absolute Gasteiger partial charge is 0.107 e. The lowest BCUT2D eigenvalue weighted by Gasteiger charge is -2.37. The SMILES string of the molecule is CNCc1nc(CN2CCSC(C)C2C)cs1. The fraction of sp³-hybridized carbons (Fsp3) is 0.750. The van der Waals surface area contributed by atoms with Gasteiger partial charge in [0.15, 0.2) is 0 Å². The van der Waals surface area contributed by atoms with Gasteiger partial charge in [-0.25, -0.2) is 4.98 Å². The van der Waals surface area contributed by atoms with Crippen molar-refractivity contribution in [2.75, 3.05) is 19.3 Å². The van der Waals surface area contributed by atoms with Crippen molar-refractivity contribution < 1.29 is 0 Å². The quantitative estimate of drug-likeness (QED) is 0.908. The molecule has 17 heavy (non-hydrogen) atoms. The van der Waals surface area contributed by atoms with Gasteiger partial charge in [0.1, 0.15) is 5.01 Å². The molecule has 2 rings (SSSR count). The number of nitrogens with one attached hydrogen (secondary N) is 1. The molecule has 1 N–H and O–H groups in total. The summed E-state index contributed by atoms with van der Waals surface area (Å²) in [5.41, 5.74) is 1.23. The Morgan fingerprint density at radius 3 is 3.12 bits per heavy atom. The Morgan fingerprint density at radius 1 is 1.53 bits per heavy atom. The molecule has 1 saturated heterocycles. The van der Waals surface area contributed by atoms with E-state index in [0.717, 1.165) is 18.3 Å². The van der Waals surface area contributed by atoms with Crippen LogP contribution in [0.3, 0.4) is 0 Å². The van der Waals surface area contributed by atoms with E-state index < -0.39 is 0 Å². The highest BCUT2D eigenvalue weighted by molar-refractivity contribution is 8.00. The topological polar surface area (TPSA) is 28.2 Å². The van der Waals surface area contributed by atoms with Gasteiger partial charge < -0.3 is 5.32 Å². The maximum Gasteiger partial charge on any atom is 0.107 e. The molecule has 1 aromatic rings. The fourth-order valence-corrected chi connectivity index (χ4v) is 4.04. The first-order chi connectivity index (χ1) is 8.20. The van der Waals surface area contributed by atoms with Crippen LogP contribution in [-0.4, -0.2) is 40.5 Å². The van der Waals surface area contributed by atoms with Crippen molar-refractivity contribution in [1.29, 1.82) is 0 Å². The van der Waals surface area contributed by atoms with E-state index >= 15 is 0 Å². The van der Waals surface area contributed by atoms with Crippen molar-refractivity contribution >= 4 is 23.1 Å². The van der Waals surface area contributed by atoms with Gasteiger partial charge in [-0.05, 0) is 14.0 Å². The Morgan fingerprint density at radius 2 is 2.35 bits per heavy atom. The summed E-state index contributed by atoms with van der Waals surface area (Å²) in [6.45, 7) is 7.74. The summed E-state index contributed by atoms with van der Waals surface area (Å²) < 4.78 is 0. The Hall–Kier alpha value is -0.100. The van der Waals surface area contributed by atoms with Crippen LogP contribution in [0.25, 0.3) is 0 Å². The number of hydrogen-bond donors (Lipinski definition) is 1. The first-order valence-corrected chi connectivity index (χ1v) is 8.07. The highest BCUT2D eigenvalue weighted by Gasteiger charge is 2.25. The number of aromatic nitrogens is 1. The molecule has 1 aromatic heterocycles. The molecule has 2 atom stereocenters. The molecule has 0 radical (unpaired) electrons. The van der Waals surface area contributed by atoms with Crippen LogP contribution in [0.15, 0.2) is 5.38 Å². The third kappa shape index (κ3) is 3.44. The summed E-state index contributed by atoms with van der Waals surface area (Å²) in [6, 6.07) is 0.656. The fourth-order valence-electron chi connectivity index (χ4n) is 2.08. The molecule has 0 amide bonds. The van der Waals surface area contributed by atoms with Gasteiger partial charge in [-0.3, -0.25) is 4.90 Å². The minimum atomic E-state index is 0.656. The highest BCUT2D eigenvalue weighted by atomic mass is 32.2. The number of rotatable bonds is 4. The lowest BCUT2D eigenvalue weighted by atomic mass is 10.2. The van der Waals surface area contributed by atoms with Crippen LogP contribution in [0, 0.1) is 0 Å². The van der Waals surface area contributed by atoms with E-state index in [0.29, 0.717) is 6.04 Å². The summed E-state index contributed by atoms with van der Waals surface area (Å²) in [5.74, 6) is 1.25. The molecule has 1 fully saturated rings. The second kappa shape index (κ2) is 6.18. The molecule has 0 aliphatic carbocycles. The van der Waals surface area contributed by atoms with Crippen molar-refractivity contribution in [3.05, 3.63) is 16.1 Å². The Bertz CT molecular complexity index is 353. The normalized spacial score (nSPS) is 26.3. The molecule has 2 unspecified atom stereocenters. The number of thiazole rings is 1. The second-order valence-electron chi connectivity index (χ2n) is 4.55. The molecule has 0 aromatic carbocycles. The first-order valence-electron chi connectivity index (χ1n) is 6.14. The van der Waals surface area contributed by atoms with Crippen LogP contribution in [0.1, 0.15) is 24.5 Å². The van der Waals surface area contributed by atoms with Crippen molar-refractivity contribution in [3.8, 4) is 0 Å². The Balaban J connectivity index is 1.94. The average Bonchev–Trinajstić information content (AvgIpc) is 2.73. The minimum absolute atomic E-state index is 0.656. The number of thioether (sulfide) groups is 1. The van der Waals surface area contributed by atoms with Crippen molar-refractivity contribution in [3.63, 3.8) is 0 Å². The zero-order chi connectivity index (χ0) is 12.3. The molecule has 1 aliphatic heterocycles. The molecule has 1 aliphatic rings. The summed E-state index contributed by atoms with van der Waals surface area (Å²) in [6.07, 6.45) is 0. The third-order valence-electron chi connectivity index (χ3n) is 3.31. The van der Waals surface area contributed by atoms with Crippen molar-refractivity contribution in [1.82, 2.24) is 15.2 Å². The molecule has 0 saturated carbocycles. The van der Waals surface area contributed by atoms with Gasteiger partial charge in [-0.1, -0.05) is 6.92 Å². The van der Waals surface area contributed by atoms with Crippen LogP contribution in [-0.2, 0) is 13.1 Å². The first kappa shape index (κ1) is 13.3. The van der Waals surface area contributed by atoms with Crippen LogP contribution >= 0.6 is 23.1 Å². The lowest BCUT2D eigenvalue weighted by molar-refractivity contribution is 0.202. The van der Waals surface area contributed by atoms with E-state index in [2.05, 4.69) is 46.2 Å². The van der Waals surface area contributed by atoms with Gasteiger partial charge in [-0.2, -0.15) is 11.8 Å². The Labute approximate surface area is 112 Å². The van der Waals surface area contributed by atoms with Gasteiger partial charge in [0, 0.05) is 42.1 Å². The lowest BCUT2D eigenvalue weighted by Crippen LogP contribution is -2.44. The van der Waals surface area contributed by atoms with E-state index in [1.807, 2.05) is 7.05 Å². The third-order valence-corrected chi connectivity index (χ3v) is 5.54.